The van der Waals surface area contributed by atoms with Crippen LogP contribution in [0.3, 0.4) is 0 Å². The molecule has 0 saturated carbocycles. The molecule has 17 heavy (non-hydrogen) atoms. The van der Waals surface area contributed by atoms with Crippen molar-refractivity contribution < 1.29 is 49.4 Å². The van der Waals surface area contributed by atoms with E-state index < -0.39 is 23.8 Å². The molecular formula is C12H21NaO4. The van der Waals surface area contributed by atoms with Crippen LogP contribution in [0.5, 0.6) is 0 Å². The largest absolute Gasteiger partial charge is 1.00 e. The summed E-state index contributed by atoms with van der Waals surface area (Å²) < 4.78 is 0. The summed E-state index contributed by atoms with van der Waals surface area (Å²) in [5.41, 5.74) is 0.0549. The van der Waals surface area contributed by atoms with Gasteiger partial charge in [-0.2, -0.15) is 0 Å². The van der Waals surface area contributed by atoms with Gasteiger partial charge in [0.05, 0.1) is 5.92 Å². The van der Waals surface area contributed by atoms with Gasteiger partial charge in [0, 0.05) is 11.9 Å². The summed E-state index contributed by atoms with van der Waals surface area (Å²) in [4.78, 5) is 21.6. The predicted octanol–water partition coefficient (Wildman–Crippen LogP) is -1.71. The third-order valence-corrected chi connectivity index (χ3v) is 3.38. The van der Waals surface area contributed by atoms with Crippen molar-refractivity contribution in [2.75, 3.05) is 0 Å². The molecule has 0 aliphatic rings. The van der Waals surface area contributed by atoms with E-state index in [1.165, 1.54) is 6.92 Å². The van der Waals surface area contributed by atoms with Gasteiger partial charge in [-0.25, -0.2) is 0 Å². The van der Waals surface area contributed by atoms with Crippen molar-refractivity contribution in [2.45, 2.75) is 47.0 Å². The second-order valence-corrected chi connectivity index (χ2v) is 5.11. The Balaban J connectivity index is 0. The average molecular weight is 252 g/mol. The normalized spacial score (nSPS) is 14.6. The Hall–Kier alpha value is -0.0600. The summed E-state index contributed by atoms with van der Waals surface area (Å²) in [6, 6.07) is 0. The first kappa shape index (κ1) is 19.3. The Kier molecular flexibility index (Phi) is 9.20. The topological polar surface area (TPSA) is 77.4 Å². The molecule has 0 fully saturated rings. The van der Waals surface area contributed by atoms with Crippen LogP contribution in [0.15, 0.2) is 0 Å². The minimum absolute atomic E-state index is 0. The van der Waals surface area contributed by atoms with Crippen LogP contribution in [-0.4, -0.2) is 17.0 Å². The van der Waals surface area contributed by atoms with E-state index in [2.05, 4.69) is 13.8 Å². The average Bonchev–Trinajstić information content (AvgIpc) is 2.17. The fourth-order valence-electron chi connectivity index (χ4n) is 1.47. The van der Waals surface area contributed by atoms with Gasteiger partial charge in [0.1, 0.15) is 0 Å². The quantitative estimate of drug-likeness (QED) is 0.548. The van der Waals surface area contributed by atoms with E-state index in [4.69, 9.17) is 5.11 Å². The summed E-state index contributed by atoms with van der Waals surface area (Å²) in [6.45, 7) is 7.54. The Bertz CT molecular complexity index is 263. The molecule has 0 aliphatic carbocycles. The number of carboxylic acid groups (broad SMARTS) is 2. The molecule has 0 aromatic heterocycles. The Morgan fingerprint density at radius 2 is 1.82 bits per heavy atom. The molecule has 94 valence electrons. The SMILES string of the molecule is CCC(C)(C)CCC(C(=O)O)C(C)C(=O)[O-].[Na+]. The fraction of sp³-hybridized carbons (Fsp3) is 0.833. The summed E-state index contributed by atoms with van der Waals surface area (Å²) >= 11 is 0. The molecule has 0 bridgehead atoms. The van der Waals surface area contributed by atoms with Crippen LogP contribution in [-0.2, 0) is 9.59 Å². The van der Waals surface area contributed by atoms with Gasteiger partial charge in [-0.15, -0.1) is 0 Å². The Labute approximate surface area is 125 Å². The van der Waals surface area contributed by atoms with Crippen LogP contribution in [0.4, 0.5) is 0 Å². The Morgan fingerprint density at radius 1 is 1.35 bits per heavy atom. The zero-order chi connectivity index (χ0) is 12.9. The number of hydrogen-bond acceptors (Lipinski definition) is 3. The molecule has 0 saturated heterocycles. The van der Waals surface area contributed by atoms with Crippen molar-refractivity contribution in [3.05, 3.63) is 0 Å². The summed E-state index contributed by atoms with van der Waals surface area (Å²) in [6.07, 6.45) is 2.03. The number of carbonyl (C=O) groups is 2. The molecule has 0 aromatic rings. The van der Waals surface area contributed by atoms with Gasteiger partial charge >= 0.3 is 35.5 Å². The van der Waals surface area contributed by atoms with E-state index >= 15 is 0 Å². The third-order valence-electron chi connectivity index (χ3n) is 3.38. The molecule has 0 radical (unpaired) electrons. The van der Waals surface area contributed by atoms with Gasteiger partial charge < -0.3 is 15.0 Å². The molecule has 2 unspecified atom stereocenters. The van der Waals surface area contributed by atoms with E-state index in [0.29, 0.717) is 12.8 Å². The molecule has 0 amide bonds. The molecule has 5 heteroatoms. The van der Waals surface area contributed by atoms with E-state index in [0.717, 1.165) is 6.42 Å². The van der Waals surface area contributed by atoms with Crippen molar-refractivity contribution in [1.29, 1.82) is 0 Å². The van der Waals surface area contributed by atoms with Crippen molar-refractivity contribution >= 4 is 11.9 Å². The molecule has 1 N–H and O–H groups in total. The van der Waals surface area contributed by atoms with Crippen molar-refractivity contribution in [3.8, 4) is 0 Å². The summed E-state index contributed by atoms with van der Waals surface area (Å²) in [5.74, 6) is -4.13. The number of carbonyl (C=O) groups excluding carboxylic acids is 1. The summed E-state index contributed by atoms with van der Waals surface area (Å²) in [5, 5.41) is 19.6. The van der Waals surface area contributed by atoms with Crippen LogP contribution in [0.25, 0.3) is 0 Å². The molecule has 0 rings (SSSR count). The zero-order valence-corrected chi connectivity index (χ0v) is 13.4. The second kappa shape index (κ2) is 8.11. The predicted molar refractivity (Wildman–Crippen MR) is 58.6 cm³/mol. The van der Waals surface area contributed by atoms with Gasteiger partial charge in [-0.05, 0) is 18.3 Å². The number of carboxylic acids is 2. The first-order valence-electron chi connectivity index (χ1n) is 5.65. The standard InChI is InChI=1S/C12H22O4.Na/c1-5-12(3,4)7-6-9(11(15)16)8(2)10(13)14;/h8-9H,5-7H2,1-4H3,(H,13,14)(H,15,16);/q;+1/p-1. The van der Waals surface area contributed by atoms with Crippen molar-refractivity contribution in [2.24, 2.45) is 17.3 Å². The number of aliphatic carboxylic acids is 2. The van der Waals surface area contributed by atoms with Gasteiger partial charge in [-0.1, -0.05) is 34.1 Å². The zero-order valence-electron chi connectivity index (χ0n) is 11.4. The van der Waals surface area contributed by atoms with Crippen molar-refractivity contribution in [1.82, 2.24) is 0 Å². The number of hydrogen-bond donors (Lipinski definition) is 1. The van der Waals surface area contributed by atoms with Gasteiger partial charge in [-0.3, -0.25) is 4.79 Å². The van der Waals surface area contributed by atoms with Crippen LogP contribution in [0.2, 0.25) is 0 Å². The van der Waals surface area contributed by atoms with Crippen LogP contribution in [0, 0.1) is 17.3 Å². The van der Waals surface area contributed by atoms with E-state index in [9.17, 15) is 14.7 Å². The number of rotatable bonds is 7. The molecule has 0 aliphatic heterocycles. The summed E-state index contributed by atoms with van der Waals surface area (Å²) in [7, 11) is 0. The van der Waals surface area contributed by atoms with Gasteiger partial charge in [0.2, 0.25) is 0 Å². The monoisotopic (exact) mass is 252 g/mol. The molecule has 0 spiro atoms. The third kappa shape index (κ3) is 7.06. The Morgan fingerprint density at radius 3 is 2.12 bits per heavy atom. The molecule has 2 atom stereocenters. The molecule has 4 nitrogen and oxygen atoms in total. The first-order valence-corrected chi connectivity index (χ1v) is 5.65. The minimum atomic E-state index is -1.29. The maximum atomic E-state index is 11.0. The van der Waals surface area contributed by atoms with Gasteiger partial charge in [0.15, 0.2) is 0 Å². The molecule has 0 heterocycles. The second-order valence-electron chi connectivity index (χ2n) is 5.11. The van der Waals surface area contributed by atoms with Gasteiger partial charge in [0.25, 0.3) is 0 Å². The van der Waals surface area contributed by atoms with E-state index in [1.54, 1.807) is 0 Å². The van der Waals surface area contributed by atoms with E-state index in [1.807, 2.05) is 6.92 Å². The molecule has 0 aromatic carbocycles. The molecular weight excluding hydrogens is 231 g/mol. The first-order chi connectivity index (χ1) is 7.21. The van der Waals surface area contributed by atoms with Crippen LogP contribution < -0.4 is 34.7 Å². The van der Waals surface area contributed by atoms with Crippen molar-refractivity contribution in [3.63, 3.8) is 0 Å². The van der Waals surface area contributed by atoms with E-state index in [-0.39, 0.29) is 35.0 Å². The fourth-order valence-corrected chi connectivity index (χ4v) is 1.47. The van der Waals surface area contributed by atoms with Crippen LogP contribution >= 0.6 is 0 Å². The van der Waals surface area contributed by atoms with Crippen LogP contribution in [0.1, 0.15) is 47.0 Å². The maximum Gasteiger partial charge on any atom is 1.00 e. The smallest absolute Gasteiger partial charge is 0.550 e. The minimum Gasteiger partial charge on any atom is -0.550 e. The maximum absolute atomic E-state index is 11.0.